The van der Waals surface area contributed by atoms with Gasteiger partial charge in [0.1, 0.15) is 6.33 Å². The standard InChI is InChI=1S/C19H15Cl2N5OS3/c20-14-4-3-12(8-15(14)21)16-9-29-18(23-16)24-17(27)10-30-19-25-22-11-26(19)6-5-13-2-1-7-28-13/h1-4,7-9,11H,5-6,10H2,(H,23,24,27). The molecule has 0 aliphatic carbocycles. The largest absolute Gasteiger partial charge is 0.308 e. The van der Waals surface area contributed by atoms with Crippen molar-refractivity contribution in [3.8, 4) is 11.3 Å². The van der Waals surface area contributed by atoms with Gasteiger partial charge in [0, 0.05) is 22.4 Å². The predicted octanol–water partition coefficient (Wildman–Crippen LogP) is 5.74. The second-order valence-corrected chi connectivity index (χ2v) is 9.79. The molecule has 0 saturated carbocycles. The summed E-state index contributed by atoms with van der Waals surface area (Å²) in [7, 11) is 0. The number of carbonyl (C=O) groups is 1. The van der Waals surface area contributed by atoms with Crippen molar-refractivity contribution in [2.45, 2.75) is 18.1 Å². The van der Waals surface area contributed by atoms with Gasteiger partial charge in [0.2, 0.25) is 5.91 Å². The number of thiophene rings is 1. The van der Waals surface area contributed by atoms with Gasteiger partial charge in [0.25, 0.3) is 0 Å². The predicted molar refractivity (Wildman–Crippen MR) is 125 cm³/mol. The van der Waals surface area contributed by atoms with E-state index >= 15 is 0 Å². The number of hydrogen-bond acceptors (Lipinski definition) is 7. The van der Waals surface area contributed by atoms with Gasteiger partial charge in [-0.25, -0.2) is 4.98 Å². The molecule has 0 saturated heterocycles. The number of aryl methyl sites for hydroxylation is 2. The van der Waals surface area contributed by atoms with Crippen LogP contribution in [0.25, 0.3) is 11.3 Å². The van der Waals surface area contributed by atoms with E-state index in [2.05, 4.69) is 31.9 Å². The number of amides is 1. The molecule has 1 amide bonds. The molecule has 3 aromatic heterocycles. The van der Waals surface area contributed by atoms with Crippen LogP contribution >= 0.6 is 57.6 Å². The van der Waals surface area contributed by atoms with Gasteiger partial charge in [-0.15, -0.1) is 32.9 Å². The number of anilines is 1. The lowest BCUT2D eigenvalue weighted by Gasteiger charge is -2.05. The normalized spacial score (nSPS) is 11.0. The Morgan fingerprint density at radius 1 is 1.20 bits per heavy atom. The van der Waals surface area contributed by atoms with Crippen LogP contribution in [0.2, 0.25) is 10.0 Å². The molecule has 4 aromatic rings. The lowest BCUT2D eigenvalue weighted by atomic mass is 10.2. The number of halogens is 2. The number of rotatable bonds is 8. The summed E-state index contributed by atoms with van der Waals surface area (Å²) < 4.78 is 1.96. The first-order valence-corrected chi connectivity index (χ1v) is 12.3. The molecule has 0 spiro atoms. The van der Waals surface area contributed by atoms with Crippen LogP contribution in [0.3, 0.4) is 0 Å². The van der Waals surface area contributed by atoms with Crippen molar-refractivity contribution in [1.29, 1.82) is 0 Å². The summed E-state index contributed by atoms with van der Waals surface area (Å²) in [6.07, 6.45) is 2.60. The molecule has 6 nitrogen and oxygen atoms in total. The summed E-state index contributed by atoms with van der Waals surface area (Å²) in [5.74, 6) is 0.0715. The number of hydrogen-bond donors (Lipinski definition) is 1. The van der Waals surface area contributed by atoms with Gasteiger partial charge in [-0.05, 0) is 30.0 Å². The zero-order chi connectivity index (χ0) is 20.9. The molecule has 0 fully saturated rings. The fourth-order valence-corrected chi connectivity index (χ4v) is 5.07. The fourth-order valence-electron chi connectivity index (χ4n) is 2.60. The highest BCUT2D eigenvalue weighted by Gasteiger charge is 2.12. The Hall–Kier alpha value is -1.91. The first kappa shape index (κ1) is 21.3. The van der Waals surface area contributed by atoms with E-state index in [9.17, 15) is 4.79 Å². The average Bonchev–Trinajstić information content (AvgIpc) is 3.49. The van der Waals surface area contributed by atoms with Crippen molar-refractivity contribution in [2.24, 2.45) is 0 Å². The highest BCUT2D eigenvalue weighted by Crippen LogP contribution is 2.30. The summed E-state index contributed by atoms with van der Waals surface area (Å²) in [6, 6.07) is 9.46. The Morgan fingerprint density at radius 3 is 2.90 bits per heavy atom. The number of carbonyl (C=O) groups excluding carboxylic acids is 1. The molecule has 154 valence electrons. The van der Waals surface area contributed by atoms with E-state index < -0.39 is 0 Å². The highest BCUT2D eigenvalue weighted by atomic mass is 35.5. The van der Waals surface area contributed by atoms with Crippen molar-refractivity contribution in [2.75, 3.05) is 11.1 Å². The van der Waals surface area contributed by atoms with Crippen LogP contribution in [0, 0.1) is 0 Å². The van der Waals surface area contributed by atoms with E-state index in [1.165, 1.54) is 28.0 Å². The number of nitrogens with one attached hydrogen (secondary N) is 1. The van der Waals surface area contributed by atoms with Gasteiger partial charge >= 0.3 is 0 Å². The Morgan fingerprint density at radius 2 is 2.10 bits per heavy atom. The number of nitrogens with zero attached hydrogens (tertiary/aromatic N) is 4. The number of thioether (sulfide) groups is 1. The van der Waals surface area contributed by atoms with Crippen LogP contribution in [0.5, 0.6) is 0 Å². The Kier molecular flexibility index (Phi) is 7.06. The number of thiazole rings is 1. The summed E-state index contributed by atoms with van der Waals surface area (Å²) in [6.45, 7) is 0.775. The Labute approximate surface area is 195 Å². The zero-order valence-corrected chi connectivity index (χ0v) is 19.4. The van der Waals surface area contributed by atoms with E-state index in [0.717, 1.165) is 29.4 Å². The molecule has 0 bridgehead atoms. The minimum atomic E-state index is -0.150. The van der Waals surface area contributed by atoms with Crippen molar-refractivity contribution < 1.29 is 4.79 Å². The van der Waals surface area contributed by atoms with E-state index in [1.54, 1.807) is 29.8 Å². The molecule has 11 heteroatoms. The Bertz CT molecular complexity index is 1140. The summed E-state index contributed by atoms with van der Waals surface area (Å²) in [4.78, 5) is 18.1. The maximum absolute atomic E-state index is 12.3. The molecule has 3 heterocycles. The summed E-state index contributed by atoms with van der Waals surface area (Å²) in [5, 5.41) is 17.0. The lowest BCUT2D eigenvalue weighted by molar-refractivity contribution is -0.113. The van der Waals surface area contributed by atoms with E-state index in [0.29, 0.717) is 15.2 Å². The maximum Gasteiger partial charge on any atom is 0.236 e. The van der Waals surface area contributed by atoms with Crippen molar-refractivity contribution in [3.05, 3.63) is 62.3 Å². The summed E-state index contributed by atoms with van der Waals surface area (Å²) >= 11 is 16.5. The third-order valence-electron chi connectivity index (χ3n) is 4.06. The lowest BCUT2D eigenvalue weighted by Crippen LogP contribution is -2.14. The van der Waals surface area contributed by atoms with Crippen LogP contribution in [0.15, 0.2) is 52.6 Å². The first-order valence-electron chi connectivity index (χ1n) is 8.82. The SMILES string of the molecule is O=C(CSc1nncn1CCc1cccs1)Nc1nc(-c2ccc(Cl)c(Cl)c2)cs1. The van der Waals surface area contributed by atoms with Crippen LogP contribution in [-0.4, -0.2) is 31.4 Å². The van der Waals surface area contributed by atoms with E-state index in [1.807, 2.05) is 22.1 Å². The Balaban J connectivity index is 1.31. The molecule has 0 unspecified atom stereocenters. The fraction of sp³-hybridized carbons (Fsp3) is 0.158. The van der Waals surface area contributed by atoms with Crippen LogP contribution in [-0.2, 0) is 17.8 Å². The van der Waals surface area contributed by atoms with Gasteiger partial charge < -0.3 is 9.88 Å². The second kappa shape index (κ2) is 9.93. The third-order valence-corrected chi connectivity index (χ3v) is 7.47. The summed E-state index contributed by atoms with van der Waals surface area (Å²) in [5.41, 5.74) is 1.57. The molecule has 0 atom stereocenters. The van der Waals surface area contributed by atoms with Gasteiger partial charge in [0.15, 0.2) is 10.3 Å². The minimum Gasteiger partial charge on any atom is -0.308 e. The van der Waals surface area contributed by atoms with Crippen LogP contribution in [0.4, 0.5) is 5.13 Å². The monoisotopic (exact) mass is 495 g/mol. The van der Waals surface area contributed by atoms with E-state index in [4.69, 9.17) is 23.2 Å². The molecule has 0 aliphatic heterocycles. The first-order chi connectivity index (χ1) is 14.6. The van der Waals surface area contributed by atoms with Gasteiger partial charge in [-0.3, -0.25) is 4.79 Å². The highest BCUT2D eigenvalue weighted by molar-refractivity contribution is 7.99. The van der Waals surface area contributed by atoms with Gasteiger partial charge in [-0.1, -0.05) is 47.1 Å². The molecule has 30 heavy (non-hydrogen) atoms. The zero-order valence-electron chi connectivity index (χ0n) is 15.4. The molecule has 1 aromatic carbocycles. The second-order valence-electron chi connectivity index (χ2n) is 6.14. The number of aromatic nitrogens is 4. The van der Waals surface area contributed by atoms with Gasteiger partial charge in [0.05, 0.1) is 21.5 Å². The minimum absolute atomic E-state index is 0.150. The molecule has 4 rings (SSSR count). The topological polar surface area (TPSA) is 72.7 Å². The molecular weight excluding hydrogens is 481 g/mol. The van der Waals surface area contributed by atoms with Crippen molar-refractivity contribution in [3.63, 3.8) is 0 Å². The molecule has 0 aliphatic rings. The van der Waals surface area contributed by atoms with Crippen LogP contribution < -0.4 is 5.32 Å². The average molecular weight is 496 g/mol. The van der Waals surface area contributed by atoms with Crippen molar-refractivity contribution in [1.82, 2.24) is 19.7 Å². The quantitative estimate of drug-likeness (QED) is 0.315. The van der Waals surface area contributed by atoms with Gasteiger partial charge in [-0.2, -0.15) is 0 Å². The molecule has 0 radical (unpaired) electrons. The van der Waals surface area contributed by atoms with E-state index in [-0.39, 0.29) is 11.7 Å². The maximum atomic E-state index is 12.3. The molecular formula is C19H15Cl2N5OS3. The van der Waals surface area contributed by atoms with Crippen molar-refractivity contribution >= 4 is 68.7 Å². The smallest absolute Gasteiger partial charge is 0.236 e. The third kappa shape index (κ3) is 5.41. The van der Waals surface area contributed by atoms with Crippen LogP contribution in [0.1, 0.15) is 4.88 Å². The molecule has 1 N–H and O–H groups in total. The number of benzene rings is 1.